The number of fused-ring (bicyclic) bond motifs is 1. The first kappa shape index (κ1) is 18.1. The highest BCUT2D eigenvalue weighted by atomic mass is 16.5. The van der Waals surface area contributed by atoms with Gasteiger partial charge in [0.05, 0.1) is 17.6 Å². The molecule has 0 fully saturated rings. The molecule has 0 saturated carbocycles. The topological polar surface area (TPSA) is 80.0 Å². The number of carbonyl (C=O) groups excluding carboxylic acids is 1. The molecule has 0 atom stereocenters. The van der Waals surface area contributed by atoms with E-state index in [1.807, 2.05) is 23.0 Å². The molecular weight excluding hydrogens is 328 g/mol. The molecule has 0 aliphatic heterocycles. The third-order valence-electron chi connectivity index (χ3n) is 4.50. The van der Waals surface area contributed by atoms with Crippen molar-refractivity contribution in [2.75, 3.05) is 0 Å². The predicted molar refractivity (Wildman–Crippen MR) is 100 cm³/mol. The molecule has 6 heteroatoms. The van der Waals surface area contributed by atoms with Gasteiger partial charge in [-0.1, -0.05) is 54.8 Å². The SMILES string of the molecule is O=C(CCCCCCCc1cn(-c2ccc3ccccc3c2)nn1)NO. The van der Waals surface area contributed by atoms with Crippen LogP contribution in [-0.2, 0) is 11.2 Å². The molecule has 2 N–H and O–H groups in total. The van der Waals surface area contributed by atoms with Crippen LogP contribution in [0.4, 0.5) is 0 Å². The van der Waals surface area contributed by atoms with Crippen LogP contribution in [0.3, 0.4) is 0 Å². The van der Waals surface area contributed by atoms with E-state index >= 15 is 0 Å². The molecule has 0 aliphatic rings. The second-order valence-electron chi connectivity index (χ2n) is 6.49. The first-order valence-corrected chi connectivity index (χ1v) is 9.09. The van der Waals surface area contributed by atoms with Crippen LogP contribution in [-0.4, -0.2) is 26.1 Å². The minimum Gasteiger partial charge on any atom is -0.289 e. The molecule has 1 amide bonds. The molecule has 3 aromatic rings. The molecule has 2 aromatic carbocycles. The van der Waals surface area contributed by atoms with Gasteiger partial charge in [0.2, 0.25) is 5.91 Å². The standard InChI is InChI=1S/C20H24N4O2/c25-20(22-26)11-5-3-1-2-4-10-18-15-24(23-21-18)19-13-12-16-8-6-7-9-17(16)14-19/h6-9,12-15,26H,1-5,10-11H2,(H,22,25). The summed E-state index contributed by atoms with van der Waals surface area (Å²) in [5.74, 6) is -0.310. The van der Waals surface area contributed by atoms with Gasteiger partial charge in [-0.2, -0.15) is 0 Å². The molecule has 6 nitrogen and oxygen atoms in total. The summed E-state index contributed by atoms with van der Waals surface area (Å²) < 4.78 is 1.83. The van der Waals surface area contributed by atoms with Crippen LogP contribution in [0.2, 0.25) is 0 Å². The Bertz CT molecular complexity index is 860. The first-order valence-electron chi connectivity index (χ1n) is 9.09. The van der Waals surface area contributed by atoms with Gasteiger partial charge in [0.15, 0.2) is 0 Å². The molecular formula is C20H24N4O2. The number of rotatable bonds is 9. The zero-order chi connectivity index (χ0) is 18.2. The zero-order valence-corrected chi connectivity index (χ0v) is 14.8. The number of unbranched alkanes of at least 4 members (excludes halogenated alkanes) is 4. The highest BCUT2D eigenvalue weighted by Gasteiger charge is 2.04. The second kappa shape index (κ2) is 9.10. The van der Waals surface area contributed by atoms with E-state index in [-0.39, 0.29) is 5.91 Å². The van der Waals surface area contributed by atoms with E-state index in [0.717, 1.165) is 49.9 Å². The summed E-state index contributed by atoms with van der Waals surface area (Å²) in [5, 5.41) is 19.4. The predicted octanol–water partition coefficient (Wildman–Crippen LogP) is 3.81. The fraction of sp³-hybridized carbons (Fsp3) is 0.350. The van der Waals surface area contributed by atoms with Gasteiger partial charge < -0.3 is 0 Å². The highest BCUT2D eigenvalue weighted by Crippen LogP contribution is 2.18. The molecule has 136 valence electrons. The van der Waals surface area contributed by atoms with E-state index < -0.39 is 0 Å². The average molecular weight is 352 g/mol. The van der Waals surface area contributed by atoms with Crippen LogP contribution >= 0.6 is 0 Å². The molecule has 0 saturated heterocycles. The Hall–Kier alpha value is -2.73. The molecule has 26 heavy (non-hydrogen) atoms. The molecule has 0 unspecified atom stereocenters. The number of nitrogens with zero attached hydrogens (tertiary/aromatic N) is 3. The van der Waals surface area contributed by atoms with Crippen LogP contribution in [0.1, 0.15) is 44.2 Å². The highest BCUT2D eigenvalue weighted by molar-refractivity contribution is 5.84. The van der Waals surface area contributed by atoms with E-state index in [1.165, 1.54) is 10.8 Å². The van der Waals surface area contributed by atoms with Crippen molar-refractivity contribution >= 4 is 16.7 Å². The van der Waals surface area contributed by atoms with Gasteiger partial charge in [-0.05, 0) is 42.2 Å². The number of hydrogen-bond acceptors (Lipinski definition) is 4. The van der Waals surface area contributed by atoms with Gasteiger partial charge in [0.1, 0.15) is 0 Å². The fourth-order valence-corrected chi connectivity index (χ4v) is 3.04. The first-order chi connectivity index (χ1) is 12.8. The van der Waals surface area contributed by atoms with Crippen LogP contribution in [0.15, 0.2) is 48.7 Å². The van der Waals surface area contributed by atoms with Gasteiger partial charge in [-0.15, -0.1) is 5.10 Å². The summed E-state index contributed by atoms with van der Waals surface area (Å²) >= 11 is 0. The molecule has 3 rings (SSSR count). The van der Waals surface area contributed by atoms with Crippen molar-refractivity contribution in [3.8, 4) is 5.69 Å². The Morgan fingerprint density at radius 2 is 1.77 bits per heavy atom. The van der Waals surface area contributed by atoms with Gasteiger partial charge in [0, 0.05) is 6.42 Å². The zero-order valence-electron chi connectivity index (χ0n) is 14.8. The molecule has 0 aliphatic carbocycles. The maximum Gasteiger partial charge on any atom is 0.243 e. The van der Waals surface area contributed by atoms with Crippen molar-refractivity contribution < 1.29 is 10.0 Å². The minimum absolute atomic E-state index is 0.310. The Morgan fingerprint density at radius 3 is 2.62 bits per heavy atom. The number of benzene rings is 2. The number of aryl methyl sites for hydroxylation is 1. The lowest BCUT2D eigenvalue weighted by Crippen LogP contribution is -2.17. The summed E-state index contributed by atoms with van der Waals surface area (Å²) in [6.07, 6.45) is 8.34. The maximum absolute atomic E-state index is 10.9. The number of hydroxylamine groups is 1. The van der Waals surface area contributed by atoms with Gasteiger partial charge in [0.25, 0.3) is 0 Å². The summed E-state index contributed by atoms with van der Waals surface area (Å²) in [7, 11) is 0. The van der Waals surface area contributed by atoms with Gasteiger partial charge in [-0.3, -0.25) is 10.0 Å². The summed E-state index contributed by atoms with van der Waals surface area (Å²) in [4.78, 5) is 10.9. The van der Waals surface area contributed by atoms with Crippen molar-refractivity contribution in [3.63, 3.8) is 0 Å². The largest absolute Gasteiger partial charge is 0.289 e. The number of amides is 1. The van der Waals surface area contributed by atoms with E-state index in [4.69, 9.17) is 5.21 Å². The minimum atomic E-state index is -0.310. The van der Waals surface area contributed by atoms with Crippen molar-refractivity contribution in [1.82, 2.24) is 20.5 Å². The maximum atomic E-state index is 10.9. The van der Waals surface area contributed by atoms with Crippen molar-refractivity contribution in [3.05, 3.63) is 54.4 Å². The van der Waals surface area contributed by atoms with Crippen LogP contribution in [0.5, 0.6) is 0 Å². The third-order valence-corrected chi connectivity index (χ3v) is 4.50. The number of hydrogen-bond donors (Lipinski definition) is 2. The summed E-state index contributed by atoms with van der Waals surface area (Å²) in [5.41, 5.74) is 3.67. The lowest BCUT2D eigenvalue weighted by atomic mass is 10.1. The van der Waals surface area contributed by atoms with Crippen LogP contribution < -0.4 is 5.48 Å². The fourth-order valence-electron chi connectivity index (χ4n) is 3.04. The Balaban J connectivity index is 1.45. The lowest BCUT2D eigenvalue weighted by molar-refractivity contribution is -0.129. The lowest BCUT2D eigenvalue weighted by Gasteiger charge is -2.02. The molecule has 0 bridgehead atoms. The van der Waals surface area contributed by atoms with E-state index in [0.29, 0.717) is 6.42 Å². The Morgan fingerprint density at radius 1 is 1.00 bits per heavy atom. The normalized spacial score (nSPS) is 11.0. The number of aromatic nitrogens is 3. The Kier molecular flexibility index (Phi) is 6.33. The molecule has 0 radical (unpaired) electrons. The van der Waals surface area contributed by atoms with Crippen molar-refractivity contribution in [1.29, 1.82) is 0 Å². The van der Waals surface area contributed by atoms with Gasteiger partial charge in [-0.25, -0.2) is 10.2 Å². The number of carbonyl (C=O) groups is 1. The Labute approximate surface area is 152 Å². The van der Waals surface area contributed by atoms with E-state index in [1.54, 1.807) is 5.48 Å². The molecule has 1 aromatic heterocycles. The van der Waals surface area contributed by atoms with Crippen molar-refractivity contribution in [2.45, 2.75) is 44.9 Å². The number of nitrogens with one attached hydrogen (secondary N) is 1. The molecule has 0 spiro atoms. The second-order valence-corrected chi connectivity index (χ2v) is 6.49. The van der Waals surface area contributed by atoms with Crippen LogP contribution in [0, 0.1) is 0 Å². The molecule has 1 heterocycles. The van der Waals surface area contributed by atoms with Crippen molar-refractivity contribution in [2.24, 2.45) is 0 Å². The third kappa shape index (κ3) is 4.89. The van der Waals surface area contributed by atoms with Crippen LogP contribution in [0.25, 0.3) is 16.5 Å². The van der Waals surface area contributed by atoms with Gasteiger partial charge >= 0.3 is 0 Å². The van der Waals surface area contributed by atoms with E-state index in [2.05, 4.69) is 40.6 Å². The van der Waals surface area contributed by atoms with E-state index in [9.17, 15) is 4.79 Å². The summed E-state index contributed by atoms with van der Waals surface area (Å²) in [6.45, 7) is 0. The summed E-state index contributed by atoms with van der Waals surface area (Å²) in [6, 6.07) is 14.6. The monoisotopic (exact) mass is 352 g/mol. The smallest absolute Gasteiger partial charge is 0.243 e. The average Bonchev–Trinajstić information content (AvgIpc) is 3.15. The quantitative estimate of drug-likeness (QED) is 0.349.